The average Bonchev–Trinajstić information content (AvgIpc) is 3.54. The van der Waals surface area contributed by atoms with Gasteiger partial charge in [0.05, 0.1) is 13.2 Å². The molecule has 26 heavy (non-hydrogen) atoms. The Morgan fingerprint density at radius 2 is 1.85 bits per heavy atom. The van der Waals surface area contributed by atoms with E-state index in [-0.39, 0.29) is 0 Å². The fourth-order valence-electron chi connectivity index (χ4n) is 3.64. The summed E-state index contributed by atoms with van der Waals surface area (Å²) in [6.07, 6.45) is 6.53. The van der Waals surface area contributed by atoms with Crippen molar-refractivity contribution in [2.75, 3.05) is 33.4 Å². The van der Waals surface area contributed by atoms with Crippen LogP contribution in [-0.4, -0.2) is 39.3 Å². The zero-order valence-electron chi connectivity index (χ0n) is 16.4. The molecule has 1 aromatic rings. The van der Waals surface area contributed by atoms with Gasteiger partial charge in [-0.25, -0.2) is 0 Å². The second kappa shape index (κ2) is 8.65. The number of guanidine groups is 1. The van der Waals surface area contributed by atoms with E-state index >= 15 is 0 Å². The molecule has 2 aliphatic carbocycles. The maximum atomic E-state index is 5.71. The van der Waals surface area contributed by atoms with Crippen molar-refractivity contribution in [3.8, 4) is 11.5 Å². The molecule has 0 radical (unpaired) electrons. The first kappa shape index (κ1) is 18.9. The van der Waals surface area contributed by atoms with Crippen LogP contribution in [0.3, 0.4) is 0 Å². The van der Waals surface area contributed by atoms with Gasteiger partial charge in [0.2, 0.25) is 0 Å². The lowest BCUT2D eigenvalue weighted by Gasteiger charge is -2.18. The first-order valence-corrected chi connectivity index (χ1v) is 10.0. The van der Waals surface area contributed by atoms with Crippen LogP contribution in [0, 0.1) is 11.3 Å². The van der Waals surface area contributed by atoms with E-state index in [2.05, 4.69) is 27.8 Å². The first-order chi connectivity index (χ1) is 12.7. The molecule has 0 spiro atoms. The van der Waals surface area contributed by atoms with Crippen LogP contribution in [0.5, 0.6) is 11.5 Å². The van der Waals surface area contributed by atoms with E-state index in [0.717, 1.165) is 42.9 Å². The van der Waals surface area contributed by atoms with Gasteiger partial charge < -0.3 is 20.1 Å². The predicted molar refractivity (Wildman–Crippen MR) is 106 cm³/mol. The molecule has 144 valence electrons. The van der Waals surface area contributed by atoms with Crippen molar-refractivity contribution in [3.63, 3.8) is 0 Å². The summed E-state index contributed by atoms with van der Waals surface area (Å²) < 4.78 is 11.3. The highest BCUT2D eigenvalue weighted by atomic mass is 16.5. The third-order valence-electron chi connectivity index (χ3n) is 5.48. The molecular weight excluding hydrogens is 326 g/mol. The Morgan fingerprint density at radius 3 is 2.46 bits per heavy atom. The standard InChI is InChI=1S/C21H33N3O2/c1-4-25-18-9-6-16(14-19(18)26-5-2)10-13-23-20(22-3)24-15-21(11-12-21)17-7-8-17/h6,9,14,17H,4-5,7-8,10-13,15H2,1-3H3,(H2,22,23,24). The highest BCUT2D eigenvalue weighted by molar-refractivity contribution is 5.79. The smallest absolute Gasteiger partial charge is 0.191 e. The van der Waals surface area contributed by atoms with Gasteiger partial charge in [-0.3, -0.25) is 4.99 Å². The maximum Gasteiger partial charge on any atom is 0.191 e. The fraction of sp³-hybridized carbons (Fsp3) is 0.667. The Bertz CT molecular complexity index is 622. The van der Waals surface area contributed by atoms with Crippen LogP contribution >= 0.6 is 0 Å². The number of rotatable bonds is 10. The molecule has 0 unspecified atom stereocenters. The van der Waals surface area contributed by atoms with Crippen molar-refractivity contribution in [1.82, 2.24) is 10.6 Å². The first-order valence-electron chi connectivity index (χ1n) is 10.0. The number of nitrogens with zero attached hydrogens (tertiary/aromatic N) is 1. The van der Waals surface area contributed by atoms with Crippen molar-refractivity contribution in [1.29, 1.82) is 0 Å². The topological polar surface area (TPSA) is 54.9 Å². The molecule has 0 saturated heterocycles. The van der Waals surface area contributed by atoms with Crippen LogP contribution in [-0.2, 0) is 6.42 Å². The Kier molecular flexibility index (Phi) is 6.28. The molecule has 0 amide bonds. The van der Waals surface area contributed by atoms with Gasteiger partial charge in [-0.05, 0) is 75.0 Å². The minimum absolute atomic E-state index is 0.582. The van der Waals surface area contributed by atoms with Crippen LogP contribution in [0.1, 0.15) is 45.1 Å². The number of hydrogen-bond acceptors (Lipinski definition) is 3. The summed E-state index contributed by atoms with van der Waals surface area (Å²) in [6, 6.07) is 6.19. The van der Waals surface area contributed by atoms with Crippen molar-refractivity contribution < 1.29 is 9.47 Å². The van der Waals surface area contributed by atoms with Gasteiger partial charge in [0, 0.05) is 20.1 Å². The molecule has 0 aromatic heterocycles. The van der Waals surface area contributed by atoms with Crippen LogP contribution in [0.15, 0.2) is 23.2 Å². The van der Waals surface area contributed by atoms with Crippen LogP contribution < -0.4 is 20.1 Å². The van der Waals surface area contributed by atoms with Crippen LogP contribution in [0.2, 0.25) is 0 Å². The number of hydrogen-bond donors (Lipinski definition) is 2. The lowest BCUT2D eigenvalue weighted by Crippen LogP contribution is -2.41. The highest BCUT2D eigenvalue weighted by Crippen LogP contribution is 2.60. The zero-order valence-corrected chi connectivity index (χ0v) is 16.4. The summed E-state index contributed by atoms with van der Waals surface area (Å²) in [6.45, 7) is 7.17. The van der Waals surface area contributed by atoms with Gasteiger partial charge in [0.15, 0.2) is 17.5 Å². The number of nitrogens with one attached hydrogen (secondary N) is 2. The Morgan fingerprint density at radius 1 is 1.12 bits per heavy atom. The zero-order chi connectivity index (χ0) is 18.4. The molecule has 0 aliphatic heterocycles. The second-order valence-corrected chi connectivity index (χ2v) is 7.39. The molecule has 2 N–H and O–H groups in total. The summed E-state index contributed by atoms with van der Waals surface area (Å²) in [7, 11) is 1.84. The van der Waals surface area contributed by atoms with Crippen LogP contribution in [0.4, 0.5) is 0 Å². The lowest BCUT2D eigenvalue weighted by molar-refractivity contribution is 0.287. The van der Waals surface area contributed by atoms with Gasteiger partial charge in [-0.1, -0.05) is 6.07 Å². The summed E-state index contributed by atoms with van der Waals surface area (Å²) in [4.78, 5) is 4.37. The number of ether oxygens (including phenoxy) is 2. The van der Waals surface area contributed by atoms with Gasteiger partial charge >= 0.3 is 0 Å². The van der Waals surface area contributed by atoms with E-state index in [9.17, 15) is 0 Å². The number of aliphatic imine (C=N–C) groups is 1. The molecule has 3 rings (SSSR count). The van der Waals surface area contributed by atoms with E-state index < -0.39 is 0 Å². The van der Waals surface area contributed by atoms with Crippen molar-refractivity contribution in [2.45, 2.75) is 46.0 Å². The second-order valence-electron chi connectivity index (χ2n) is 7.39. The lowest BCUT2D eigenvalue weighted by atomic mass is 10.0. The molecule has 0 bridgehead atoms. The summed E-state index contributed by atoms with van der Waals surface area (Å²) in [5, 5.41) is 6.97. The third-order valence-corrected chi connectivity index (χ3v) is 5.48. The number of benzene rings is 1. The monoisotopic (exact) mass is 359 g/mol. The van der Waals surface area contributed by atoms with Crippen LogP contribution in [0.25, 0.3) is 0 Å². The SMILES string of the molecule is CCOc1ccc(CCNC(=NC)NCC2(C3CC3)CC2)cc1OCC. The molecule has 0 heterocycles. The summed E-state index contributed by atoms with van der Waals surface area (Å²) in [5.41, 5.74) is 1.82. The maximum absolute atomic E-state index is 5.71. The Hall–Kier alpha value is -1.91. The van der Waals surface area contributed by atoms with Crippen molar-refractivity contribution in [2.24, 2.45) is 16.3 Å². The van der Waals surface area contributed by atoms with Gasteiger partial charge in [-0.15, -0.1) is 0 Å². The largest absolute Gasteiger partial charge is 0.490 e. The van der Waals surface area contributed by atoms with E-state index in [1.54, 1.807) is 0 Å². The third kappa shape index (κ3) is 4.83. The van der Waals surface area contributed by atoms with Gasteiger partial charge in [0.1, 0.15) is 0 Å². The molecule has 2 fully saturated rings. The summed E-state index contributed by atoms with van der Waals surface area (Å²) >= 11 is 0. The molecule has 0 atom stereocenters. The summed E-state index contributed by atoms with van der Waals surface area (Å²) in [5.74, 6) is 3.52. The predicted octanol–water partition coefficient (Wildman–Crippen LogP) is 3.38. The molecule has 5 heteroatoms. The van der Waals surface area contributed by atoms with E-state index in [4.69, 9.17) is 9.47 Å². The molecule has 1 aromatic carbocycles. The van der Waals surface area contributed by atoms with E-state index in [0.29, 0.717) is 18.6 Å². The fourth-order valence-corrected chi connectivity index (χ4v) is 3.64. The van der Waals surface area contributed by atoms with Gasteiger partial charge in [-0.2, -0.15) is 0 Å². The molecule has 2 aliphatic rings. The van der Waals surface area contributed by atoms with Gasteiger partial charge in [0.25, 0.3) is 0 Å². The minimum Gasteiger partial charge on any atom is -0.490 e. The van der Waals surface area contributed by atoms with Crippen molar-refractivity contribution in [3.05, 3.63) is 23.8 Å². The molecule has 5 nitrogen and oxygen atoms in total. The quantitative estimate of drug-likeness (QED) is 0.497. The highest BCUT2D eigenvalue weighted by Gasteiger charge is 2.53. The van der Waals surface area contributed by atoms with E-state index in [1.807, 2.05) is 27.0 Å². The Balaban J connectivity index is 1.46. The molecular formula is C21H33N3O2. The Labute approximate surface area is 157 Å². The minimum atomic E-state index is 0.582. The average molecular weight is 360 g/mol. The normalized spacial score (nSPS) is 18.3. The van der Waals surface area contributed by atoms with Crippen molar-refractivity contribution >= 4 is 5.96 Å². The molecule has 2 saturated carbocycles. The van der Waals surface area contributed by atoms with E-state index in [1.165, 1.54) is 31.2 Å².